The zero-order valence-electron chi connectivity index (χ0n) is 10.3. The summed E-state index contributed by atoms with van der Waals surface area (Å²) in [5.41, 5.74) is -0.254. The molecule has 1 aromatic rings. The Hall–Kier alpha value is -1.04. The summed E-state index contributed by atoms with van der Waals surface area (Å²) >= 11 is 0. The van der Waals surface area contributed by atoms with Gasteiger partial charge in [0.2, 0.25) is 0 Å². The highest BCUT2D eigenvalue weighted by Gasteiger charge is 2.25. The quantitative estimate of drug-likeness (QED) is 0.895. The molecule has 0 radical (unpaired) electrons. The molecule has 3 nitrogen and oxygen atoms in total. The average Bonchev–Trinajstić information content (AvgIpc) is 2.32. The Morgan fingerprint density at radius 1 is 1.44 bits per heavy atom. The average molecular weight is 257 g/mol. The predicted octanol–water partition coefficient (Wildman–Crippen LogP) is 1.72. The number of aliphatic hydroxyl groups excluding tert-OH is 1. The third kappa shape index (κ3) is 2.85. The molecule has 1 aliphatic heterocycles. The summed E-state index contributed by atoms with van der Waals surface area (Å²) in [4.78, 5) is 1.97. The van der Waals surface area contributed by atoms with Gasteiger partial charge in [0.1, 0.15) is 11.6 Å². The lowest BCUT2D eigenvalue weighted by atomic mass is 10.1. The van der Waals surface area contributed by atoms with E-state index in [1.807, 2.05) is 11.8 Å². The van der Waals surface area contributed by atoms with Crippen LogP contribution in [0.5, 0.6) is 0 Å². The molecule has 0 spiro atoms. The fraction of sp³-hybridized carbons (Fsp3) is 0.538. The topological polar surface area (TPSA) is 32.7 Å². The zero-order valence-corrected chi connectivity index (χ0v) is 10.3. The van der Waals surface area contributed by atoms with Crippen LogP contribution >= 0.6 is 0 Å². The smallest absolute Gasteiger partial charge is 0.131 e. The first kappa shape index (κ1) is 13.4. The first-order valence-electron chi connectivity index (χ1n) is 6.03. The molecule has 100 valence electrons. The summed E-state index contributed by atoms with van der Waals surface area (Å²) in [5, 5.41) is 9.99. The Kier molecular flexibility index (Phi) is 4.27. The minimum Gasteiger partial charge on any atom is -0.387 e. The maximum Gasteiger partial charge on any atom is 0.131 e. The molecule has 0 aromatic heterocycles. The molecule has 18 heavy (non-hydrogen) atoms. The largest absolute Gasteiger partial charge is 0.387 e. The second kappa shape index (κ2) is 5.73. The SMILES string of the molecule is CC1COCCN1CC(O)c1c(F)cccc1F. The van der Waals surface area contributed by atoms with E-state index >= 15 is 0 Å². The van der Waals surface area contributed by atoms with E-state index in [9.17, 15) is 13.9 Å². The number of hydrogen-bond donors (Lipinski definition) is 1. The van der Waals surface area contributed by atoms with Crippen LogP contribution in [0, 0.1) is 11.6 Å². The maximum atomic E-state index is 13.5. The van der Waals surface area contributed by atoms with E-state index in [0.717, 1.165) is 12.1 Å². The van der Waals surface area contributed by atoms with Gasteiger partial charge in [-0.05, 0) is 19.1 Å². The first-order chi connectivity index (χ1) is 8.59. The van der Waals surface area contributed by atoms with Crippen LogP contribution in [0.3, 0.4) is 0 Å². The lowest BCUT2D eigenvalue weighted by Crippen LogP contribution is -2.45. The normalized spacial score (nSPS) is 23.0. The Labute approximate surface area is 105 Å². The van der Waals surface area contributed by atoms with Crippen LogP contribution in [0.1, 0.15) is 18.6 Å². The molecule has 1 aliphatic rings. The van der Waals surface area contributed by atoms with Crippen molar-refractivity contribution in [2.75, 3.05) is 26.3 Å². The molecule has 1 heterocycles. The van der Waals surface area contributed by atoms with E-state index in [2.05, 4.69) is 0 Å². The third-order valence-electron chi connectivity index (χ3n) is 3.25. The van der Waals surface area contributed by atoms with Gasteiger partial charge in [0.25, 0.3) is 0 Å². The number of benzene rings is 1. The van der Waals surface area contributed by atoms with Gasteiger partial charge in [0.15, 0.2) is 0 Å². The Bertz CT molecular complexity index is 394. The van der Waals surface area contributed by atoms with Gasteiger partial charge in [0, 0.05) is 19.1 Å². The maximum absolute atomic E-state index is 13.5. The molecule has 2 atom stereocenters. The highest BCUT2D eigenvalue weighted by Crippen LogP contribution is 2.22. The number of hydrogen-bond acceptors (Lipinski definition) is 3. The zero-order chi connectivity index (χ0) is 13.1. The van der Waals surface area contributed by atoms with Gasteiger partial charge in [-0.25, -0.2) is 8.78 Å². The monoisotopic (exact) mass is 257 g/mol. The second-order valence-corrected chi connectivity index (χ2v) is 4.57. The molecule has 1 saturated heterocycles. The fourth-order valence-corrected chi connectivity index (χ4v) is 2.18. The summed E-state index contributed by atoms with van der Waals surface area (Å²) in [6, 6.07) is 3.75. The highest BCUT2D eigenvalue weighted by molar-refractivity contribution is 5.22. The number of nitrogens with zero attached hydrogens (tertiary/aromatic N) is 1. The van der Waals surface area contributed by atoms with Crippen LogP contribution in [0.2, 0.25) is 0 Å². The van der Waals surface area contributed by atoms with Gasteiger partial charge in [-0.1, -0.05) is 6.07 Å². The van der Waals surface area contributed by atoms with Crippen molar-refractivity contribution < 1.29 is 18.6 Å². The highest BCUT2D eigenvalue weighted by atomic mass is 19.1. The molecule has 0 saturated carbocycles. The van der Waals surface area contributed by atoms with Gasteiger partial charge < -0.3 is 9.84 Å². The van der Waals surface area contributed by atoms with Gasteiger partial charge in [-0.2, -0.15) is 0 Å². The van der Waals surface area contributed by atoms with Crippen molar-refractivity contribution >= 4 is 0 Å². The van der Waals surface area contributed by atoms with Crippen molar-refractivity contribution in [3.63, 3.8) is 0 Å². The van der Waals surface area contributed by atoms with Gasteiger partial charge >= 0.3 is 0 Å². The molecule has 0 aliphatic carbocycles. The molecule has 1 N–H and O–H groups in total. The predicted molar refractivity (Wildman–Crippen MR) is 63.2 cm³/mol. The van der Waals surface area contributed by atoms with E-state index in [4.69, 9.17) is 4.74 Å². The van der Waals surface area contributed by atoms with Crippen molar-refractivity contribution in [2.24, 2.45) is 0 Å². The number of rotatable bonds is 3. The van der Waals surface area contributed by atoms with Crippen molar-refractivity contribution in [2.45, 2.75) is 19.1 Å². The minimum absolute atomic E-state index is 0.142. The van der Waals surface area contributed by atoms with Gasteiger partial charge in [0.05, 0.1) is 24.9 Å². The van der Waals surface area contributed by atoms with Gasteiger partial charge in [-0.15, -0.1) is 0 Å². The first-order valence-corrected chi connectivity index (χ1v) is 6.03. The number of β-amino-alcohol motifs (C(OH)–C–C–N with tert-alkyl or cyclic N) is 1. The van der Waals surface area contributed by atoms with Crippen molar-refractivity contribution in [1.29, 1.82) is 0 Å². The van der Waals surface area contributed by atoms with Crippen LogP contribution in [0.15, 0.2) is 18.2 Å². The van der Waals surface area contributed by atoms with Crippen molar-refractivity contribution in [3.05, 3.63) is 35.4 Å². The van der Waals surface area contributed by atoms with E-state index in [0.29, 0.717) is 19.8 Å². The molecule has 0 bridgehead atoms. The second-order valence-electron chi connectivity index (χ2n) is 4.57. The lowest BCUT2D eigenvalue weighted by molar-refractivity contribution is -0.0212. The third-order valence-corrected chi connectivity index (χ3v) is 3.25. The van der Waals surface area contributed by atoms with Crippen LogP contribution in [-0.2, 0) is 4.74 Å². The van der Waals surface area contributed by atoms with Crippen molar-refractivity contribution in [1.82, 2.24) is 4.90 Å². The summed E-state index contributed by atoms with van der Waals surface area (Å²) in [6.45, 7) is 3.99. The summed E-state index contributed by atoms with van der Waals surface area (Å²) in [7, 11) is 0. The van der Waals surface area contributed by atoms with Crippen LogP contribution in [0.25, 0.3) is 0 Å². The van der Waals surface area contributed by atoms with E-state index < -0.39 is 17.7 Å². The minimum atomic E-state index is -1.16. The molecule has 2 rings (SSSR count). The Morgan fingerprint density at radius 3 is 2.72 bits per heavy atom. The van der Waals surface area contributed by atoms with Crippen LogP contribution in [0.4, 0.5) is 8.78 Å². The molecular formula is C13H17F2NO2. The standard InChI is InChI=1S/C13H17F2NO2/c1-9-8-18-6-5-16(9)7-12(17)13-10(14)3-2-4-11(13)15/h2-4,9,12,17H,5-8H2,1H3. The van der Waals surface area contributed by atoms with Gasteiger partial charge in [-0.3, -0.25) is 4.90 Å². The molecule has 2 unspecified atom stereocenters. The Morgan fingerprint density at radius 2 is 2.11 bits per heavy atom. The fourth-order valence-electron chi connectivity index (χ4n) is 2.18. The number of aliphatic hydroxyl groups is 1. The molecule has 1 fully saturated rings. The number of morpholine rings is 1. The molecular weight excluding hydrogens is 240 g/mol. The molecule has 0 amide bonds. The summed E-state index contributed by atoms with van der Waals surface area (Å²) in [5.74, 6) is -1.41. The Balaban J connectivity index is 2.09. The molecule has 5 heteroatoms. The number of halogens is 2. The van der Waals surface area contributed by atoms with E-state index in [1.165, 1.54) is 6.07 Å². The molecule has 1 aromatic carbocycles. The summed E-state index contributed by atoms with van der Waals surface area (Å²) in [6.07, 6.45) is -1.16. The summed E-state index contributed by atoms with van der Waals surface area (Å²) < 4.78 is 32.3. The van der Waals surface area contributed by atoms with E-state index in [1.54, 1.807) is 0 Å². The van der Waals surface area contributed by atoms with Crippen molar-refractivity contribution in [3.8, 4) is 0 Å². The van der Waals surface area contributed by atoms with E-state index in [-0.39, 0.29) is 18.2 Å². The lowest BCUT2D eigenvalue weighted by Gasteiger charge is -2.34. The number of ether oxygens (including phenoxy) is 1. The van der Waals surface area contributed by atoms with Crippen LogP contribution in [-0.4, -0.2) is 42.4 Å². The van der Waals surface area contributed by atoms with Crippen LogP contribution < -0.4 is 0 Å².